The number of hydrogen-bond donors (Lipinski definition) is 3. The van der Waals surface area contributed by atoms with Gasteiger partial charge in [0.05, 0.1) is 5.69 Å². The molecule has 8 nitrogen and oxygen atoms in total. The Morgan fingerprint density at radius 1 is 0.972 bits per heavy atom. The van der Waals surface area contributed by atoms with E-state index in [2.05, 4.69) is 21.4 Å². The van der Waals surface area contributed by atoms with Crippen LogP contribution in [-0.4, -0.2) is 36.0 Å². The second-order valence-electron chi connectivity index (χ2n) is 8.46. The van der Waals surface area contributed by atoms with Gasteiger partial charge in [-0.1, -0.05) is 66.2 Å². The zero-order valence-electron chi connectivity index (χ0n) is 19.6. The molecule has 2 aromatic carbocycles. The maximum atomic E-state index is 13.8. The molecule has 0 saturated carbocycles. The van der Waals surface area contributed by atoms with Crippen LogP contribution >= 0.6 is 0 Å². The normalized spacial score (nSPS) is 13.1. The lowest BCUT2D eigenvalue weighted by Gasteiger charge is -2.29. The molecule has 36 heavy (non-hydrogen) atoms. The first-order valence-corrected chi connectivity index (χ1v) is 12.7. The third-order valence-corrected chi connectivity index (χ3v) is 7.87. The summed E-state index contributed by atoms with van der Waals surface area (Å²) in [6.07, 6.45) is 1.32. The van der Waals surface area contributed by atoms with E-state index < -0.39 is 20.7 Å². The van der Waals surface area contributed by atoms with Gasteiger partial charge in [0.2, 0.25) is 9.84 Å². The van der Waals surface area contributed by atoms with Crippen LogP contribution < -0.4 is 11.1 Å². The summed E-state index contributed by atoms with van der Waals surface area (Å²) < 4.78 is 27.6. The van der Waals surface area contributed by atoms with E-state index in [1.165, 1.54) is 18.3 Å². The van der Waals surface area contributed by atoms with Gasteiger partial charge in [-0.15, -0.1) is 0 Å². The van der Waals surface area contributed by atoms with Gasteiger partial charge in [0, 0.05) is 12.6 Å². The molecule has 1 unspecified atom stereocenters. The lowest BCUT2D eigenvalue weighted by molar-refractivity contribution is -0.134. The number of carboxylic acids is 1. The summed E-state index contributed by atoms with van der Waals surface area (Å²) in [5.74, 6) is -0.869. The largest absolute Gasteiger partial charge is 0.480 e. The van der Waals surface area contributed by atoms with Gasteiger partial charge in [-0.25, -0.2) is 18.4 Å². The van der Waals surface area contributed by atoms with Gasteiger partial charge in [-0.3, -0.25) is 4.79 Å². The zero-order chi connectivity index (χ0) is 25.8. The molecule has 184 valence electrons. The summed E-state index contributed by atoms with van der Waals surface area (Å²) in [5, 5.41) is 11.5. The number of hydrogen-bond acceptors (Lipinski definition) is 7. The SMILES string of the molecule is Cc1cccc(-c2ccc(CC(N)(c3cccc(NCC(=O)O)n3)S(=O)(=O)c3ccccn3)cc2)c1. The molecular formula is C27H26N4O4S. The highest BCUT2D eigenvalue weighted by molar-refractivity contribution is 7.92. The van der Waals surface area contributed by atoms with Crippen LogP contribution in [0.2, 0.25) is 0 Å². The molecule has 0 aliphatic rings. The number of nitrogens with two attached hydrogens (primary N) is 1. The van der Waals surface area contributed by atoms with Crippen LogP contribution in [0.4, 0.5) is 5.82 Å². The van der Waals surface area contributed by atoms with Gasteiger partial charge in [-0.05, 0) is 47.9 Å². The fourth-order valence-electron chi connectivity index (χ4n) is 3.89. The number of anilines is 1. The Bertz CT molecular complexity index is 1480. The van der Waals surface area contributed by atoms with Crippen LogP contribution in [0.1, 0.15) is 16.8 Å². The standard InChI is InChI=1S/C27H26N4O4S/c1-19-6-4-7-22(16-19)21-13-11-20(12-14-21)17-27(28,36(34,35)25-10-2-3-15-29-25)23-8-5-9-24(31-23)30-18-26(32)33/h2-16H,17-18,28H2,1H3,(H,30,31)(H,32,33). The summed E-state index contributed by atoms with van der Waals surface area (Å²) in [7, 11) is -4.21. The zero-order valence-corrected chi connectivity index (χ0v) is 20.4. The molecule has 9 heteroatoms. The molecule has 1 atom stereocenters. The van der Waals surface area contributed by atoms with Crippen LogP contribution in [-0.2, 0) is 25.9 Å². The molecular weight excluding hydrogens is 476 g/mol. The highest BCUT2D eigenvalue weighted by Crippen LogP contribution is 2.34. The number of nitrogens with one attached hydrogen (secondary N) is 1. The summed E-state index contributed by atoms with van der Waals surface area (Å²) in [6, 6.07) is 24.9. The van der Waals surface area contributed by atoms with Gasteiger partial charge in [0.15, 0.2) is 9.90 Å². The van der Waals surface area contributed by atoms with E-state index in [1.54, 1.807) is 24.3 Å². The van der Waals surface area contributed by atoms with Crippen LogP contribution in [0.3, 0.4) is 0 Å². The Kier molecular flexibility index (Phi) is 7.14. The van der Waals surface area contributed by atoms with Crippen molar-refractivity contribution in [3.8, 4) is 11.1 Å². The number of rotatable bonds is 9. The van der Waals surface area contributed by atoms with Crippen molar-refractivity contribution in [1.82, 2.24) is 9.97 Å². The highest BCUT2D eigenvalue weighted by atomic mass is 32.2. The summed E-state index contributed by atoms with van der Waals surface area (Å²) in [6.45, 7) is 1.65. The maximum absolute atomic E-state index is 13.8. The number of sulfone groups is 1. The van der Waals surface area contributed by atoms with E-state index in [-0.39, 0.29) is 29.5 Å². The van der Waals surface area contributed by atoms with Gasteiger partial charge < -0.3 is 16.2 Å². The van der Waals surface area contributed by atoms with Crippen molar-refractivity contribution in [3.63, 3.8) is 0 Å². The van der Waals surface area contributed by atoms with Crippen LogP contribution in [0.25, 0.3) is 11.1 Å². The number of carboxylic acid groups (broad SMARTS) is 1. The molecule has 4 N–H and O–H groups in total. The van der Waals surface area contributed by atoms with Gasteiger partial charge >= 0.3 is 5.97 Å². The lowest BCUT2D eigenvalue weighted by atomic mass is 9.98. The number of benzene rings is 2. The van der Waals surface area contributed by atoms with Crippen LogP contribution in [0.15, 0.2) is 96.2 Å². The average molecular weight is 503 g/mol. The number of aliphatic carboxylic acids is 1. The van der Waals surface area contributed by atoms with Crippen molar-refractivity contribution in [2.75, 3.05) is 11.9 Å². The van der Waals surface area contributed by atoms with E-state index in [9.17, 15) is 13.2 Å². The quantitative estimate of drug-likeness (QED) is 0.315. The van der Waals surface area contributed by atoms with E-state index in [4.69, 9.17) is 10.8 Å². The molecule has 2 aromatic heterocycles. The molecule has 0 aliphatic carbocycles. The second-order valence-corrected chi connectivity index (χ2v) is 10.6. The predicted octanol–water partition coefficient (Wildman–Crippen LogP) is 3.78. The van der Waals surface area contributed by atoms with Crippen molar-refractivity contribution in [3.05, 3.63) is 108 Å². The predicted molar refractivity (Wildman–Crippen MR) is 138 cm³/mol. The van der Waals surface area contributed by atoms with E-state index in [0.29, 0.717) is 5.56 Å². The smallest absolute Gasteiger partial charge is 0.322 e. The molecule has 0 aliphatic heterocycles. The molecule has 0 amide bonds. The molecule has 0 spiro atoms. The van der Waals surface area contributed by atoms with E-state index in [1.807, 2.05) is 49.4 Å². The number of nitrogens with zero attached hydrogens (tertiary/aromatic N) is 2. The van der Waals surface area contributed by atoms with Crippen LogP contribution in [0, 0.1) is 6.92 Å². The van der Waals surface area contributed by atoms with Crippen molar-refractivity contribution in [2.24, 2.45) is 5.73 Å². The Morgan fingerprint density at radius 2 is 1.72 bits per heavy atom. The van der Waals surface area contributed by atoms with Crippen molar-refractivity contribution >= 4 is 21.6 Å². The molecule has 4 aromatic rings. The first kappa shape index (κ1) is 25.0. The Hall–Kier alpha value is -4.08. The monoisotopic (exact) mass is 502 g/mol. The molecule has 0 bridgehead atoms. The summed E-state index contributed by atoms with van der Waals surface area (Å²) in [5.41, 5.74) is 10.7. The van der Waals surface area contributed by atoms with Gasteiger partial charge in [0.25, 0.3) is 0 Å². The number of carbonyl (C=O) groups is 1. The minimum Gasteiger partial charge on any atom is -0.480 e. The minimum absolute atomic E-state index is 0.0740. The average Bonchev–Trinajstić information content (AvgIpc) is 2.88. The second kappa shape index (κ2) is 10.3. The van der Waals surface area contributed by atoms with E-state index in [0.717, 1.165) is 16.7 Å². The highest BCUT2D eigenvalue weighted by Gasteiger charge is 2.45. The van der Waals surface area contributed by atoms with Gasteiger partial charge in [0.1, 0.15) is 12.4 Å². The van der Waals surface area contributed by atoms with Crippen molar-refractivity contribution < 1.29 is 18.3 Å². The first-order chi connectivity index (χ1) is 17.2. The van der Waals surface area contributed by atoms with Crippen LogP contribution in [0.5, 0.6) is 0 Å². The third-order valence-electron chi connectivity index (χ3n) is 5.77. The molecule has 2 heterocycles. The molecule has 0 saturated heterocycles. The summed E-state index contributed by atoms with van der Waals surface area (Å²) >= 11 is 0. The number of aromatic nitrogens is 2. The number of aryl methyl sites for hydroxylation is 1. The maximum Gasteiger partial charge on any atom is 0.322 e. The molecule has 0 radical (unpaired) electrons. The Morgan fingerprint density at radius 3 is 2.39 bits per heavy atom. The summed E-state index contributed by atoms with van der Waals surface area (Å²) in [4.78, 5) is 17.4. The van der Waals surface area contributed by atoms with Crippen molar-refractivity contribution in [1.29, 1.82) is 0 Å². The minimum atomic E-state index is -4.21. The van der Waals surface area contributed by atoms with Crippen molar-refractivity contribution in [2.45, 2.75) is 23.2 Å². The number of pyridine rings is 2. The molecule has 0 fully saturated rings. The Balaban J connectivity index is 1.75. The lowest BCUT2D eigenvalue weighted by Crippen LogP contribution is -2.47. The van der Waals surface area contributed by atoms with E-state index >= 15 is 0 Å². The Labute approximate surface area is 209 Å². The molecule has 4 rings (SSSR count). The third kappa shape index (κ3) is 5.27. The first-order valence-electron chi connectivity index (χ1n) is 11.2. The topological polar surface area (TPSA) is 135 Å². The fourth-order valence-corrected chi connectivity index (χ4v) is 5.47. The fraction of sp³-hybridized carbons (Fsp3) is 0.148. The van der Waals surface area contributed by atoms with Gasteiger partial charge in [-0.2, -0.15) is 0 Å².